The molecule has 1 fully saturated rings. The van der Waals surface area contributed by atoms with E-state index in [1.807, 2.05) is 17.8 Å². The van der Waals surface area contributed by atoms with Gasteiger partial charge in [0, 0.05) is 31.5 Å². The van der Waals surface area contributed by atoms with Gasteiger partial charge in [-0.3, -0.25) is 4.79 Å². The first kappa shape index (κ1) is 16.4. The Hall–Kier alpha value is -0.680. The molecule has 2 heterocycles. The first-order valence-corrected chi connectivity index (χ1v) is 7.49. The number of imidazole rings is 1. The lowest BCUT2D eigenvalue weighted by Gasteiger charge is -2.39. The lowest BCUT2D eigenvalue weighted by Crippen LogP contribution is -2.48. The molecule has 2 atom stereocenters. The summed E-state index contributed by atoms with van der Waals surface area (Å²) in [6.07, 6.45) is 7.16. The third-order valence-electron chi connectivity index (χ3n) is 3.58. The Kier molecular flexibility index (Phi) is 6.20. The highest BCUT2D eigenvalue weighted by atomic mass is 35.5. The van der Waals surface area contributed by atoms with Crippen molar-refractivity contribution in [2.24, 2.45) is 7.05 Å². The molecule has 6 heteroatoms. The average Bonchev–Trinajstić information content (AvgIpc) is 2.72. The molecular weight excluding hydrogens is 282 g/mol. The summed E-state index contributed by atoms with van der Waals surface area (Å²) in [6.45, 7) is 4.30. The topological polar surface area (TPSA) is 38.1 Å². The number of likely N-dealkylation sites (tertiary alicyclic amines) is 1. The minimum absolute atomic E-state index is 0. The second-order valence-electron chi connectivity index (χ2n) is 5.04. The van der Waals surface area contributed by atoms with Gasteiger partial charge in [0.15, 0.2) is 5.16 Å². The fourth-order valence-corrected chi connectivity index (χ4v) is 3.41. The van der Waals surface area contributed by atoms with Gasteiger partial charge in [-0.1, -0.05) is 11.8 Å². The van der Waals surface area contributed by atoms with Crippen molar-refractivity contribution < 1.29 is 4.79 Å². The van der Waals surface area contributed by atoms with Crippen LogP contribution < -0.4 is 0 Å². The molecule has 2 unspecified atom stereocenters. The van der Waals surface area contributed by atoms with Crippen LogP contribution in [0.2, 0.25) is 0 Å². The number of aromatic nitrogens is 2. The largest absolute Gasteiger partial charge is 0.337 e. The molecule has 1 aliphatic rings. The zero-order chi connectivity index (χ0) is 13.1. The predicted molar refractivity (Wildman–Crippen MR) is 80.8 cm³/mol. The van der Waals surface area contributed by atoms with Crippen molar-refractivity contribution in [2.45, 2.75) is 50.4 Å². The Morgan fingerprint density at radius 1 is 1.42 bits per heavy atom. The molecule has 0 spiro atoms. The molecule has 108 valence electrons. The summed E-state index contributed by atoms with van der Waals surface area (Å²) in [6, 6.07) is 0.756. The van der Waals surface area contributed by atoms with E-state index in [4.69, 9.17) is 0 Å². The van der Waals surface area contributed by atoms with Gasteiger partial charge in [0.1, 0.15) is 0 Å². The third kappa shape index (κ3) is 3.89. The molecule has 4 nitrogen and oxygen atoms in total. The minimum atomic E-state index is 0. The van der Waals surface area contributed by atoms with Crippen LogP contribution in [-0.2, 0) is 11.8 Å². The van der Waals surface area contributed by atoms with Crippen LogP contribution in [0.1, 0.15) is 33.1 Å². The average molecular weight is 304 g/mol. The van der Waals surface area contributed by atoms with Gasteiger partial charge in [0.25, 0.3) is 0 Å². The van der Waals surface area contributed by atoms with Crippen molar-refractivity contribution in [1.29, 1.82) is 0 Å². The first-order chi connectivity index (χ1) is 8.59. The summed E-state index contributed by atoms with van der Waals surface area (Å²) >= 11 is 1.52. The number of carbonyl (C=O) groups excluding carboxylic acids is 1. The van der Waals surface area contributed by atoms with Gasteiger partial charge in [-0.15, -0.1) is 12.4 Å². The maximum Gasteiger partial charge on any atom is 0.233 e. The molecule has 19 heavy (non-hydrogen) atoms. The van der Waals surface area contributed by atoms with E-state index < -0.39 is 0 Å². The Bertz CT molecular complexity index is 414. The van der Waals surface area contributed by atoms with E-state index in [1.165, 1.54) is 18.2 Å². The van der Waals surface area contributed by atoms with Crippen molar-refractivity contribution in [1.82, 2.24) is 14.5 Å². The van der Waals surface area contributed by atoms with Crippen LogP contribution in [0.5, 0.6) is 0 Å². The van der Waals surface area contributed by atoms with E-state index in [9.17, 15) is 4.79 Å². The Balaban J connectivity index is 0.00000180. The number of piperidine rings is 1. The Labute approximate surface area is 125 Å². The molecule has 1 saturated heterocycles. The summed E-state index contributed by atoms with van der Waals surface area (Å²) < 4.78 is 1.95. The van der Waals surface area contributed by atoms with Gasteiger partial charge in [-0.2, -0.15) is 0 Å². The zero-order valence-electron chi connectivity index (χ0n) is 11.7. The normalized spacial score (nSPS) is 23.0. The van der Waals surface area contributed by atoms with Gasteiger partial charge < -0.3 is 9.47 Å². The molecule has 1 aromatic heterocycles. The number of hydrogen-bond acceptors (Lipinski definition) is 3. The molecule has 0 N–H and O–H groups in total. The second-order valence-corrected chi connectivity index (χ2v) is 5.98. The smallest absolute Gasteiger partial charge is 0.233 e. The molecule has 0 radical (unpaired) electrons. The lowest BCUT2D eigenvalue weighted by atomic mass is 9.98. The van der Waals surface area contributed by atoms with Crippen LogP contribution in [0.4, 0.5) is 0 Å². The number of carbonyl (C=O) groups is 1. The van der Waals surface area contributed by atoms with E-state index in [0.717, 1.165) is 18.0 Å². The van der Waals surface area contributed by atoms with Crippen molar-refractivity contribution in [2.75, 3.05) is 5.75 Å². The van der Waals surface area contributed by atoms with Crippen molar-refractivity contribution in [3.05, 3.63) is 12.4 Å². The highest BCUT2D eigenvalue weighted by Gasteiger charge is 2.28. The lowest BCUT2D eigenvalue weighted by molar-refractivity contribution is -0.134. The number of thioether (sulfide) groups is 1. The zero-order valence-corrected chi connectivity index (χ0v) is 13.3. The van der Waals surface area contributed by atoms with Crippen LogP contribution >= 0.6 is 24.2 Å². The third-order valence-corrected chi connectivity index (χ3v) is 4.63. The van der Waals surface area contributed by atoms with Crippen LogP contribution in [0, 0.1) is 0 Å². The van der Waals surface area contributed by atoms with E-state index in [-0.39, 0.29) is 18.3 Å². The number of nitrogens with zero attached hydrogens (tertiary/aromatic N) is 3. The Morgan fingerprint density at radius 2 is 2.05 bits per heavy atom. The van der Waals surface area contributed by atoms with Gasteiger partial charge in [-0.25, -0.2) is 4.98 Å². The highest BCUT2D eigenvalue weighted by Crippen LogP contribution is 2.24. The number of hydrogen-bond donors (Lipinski definition) is 0. The fourth-order valence-electron chi connectivity index (χ4n) is 2.60. The molecule has 0 aliphatic carbocycles. The van der Waals surface area contributed by atoms with Crippen LogP contribution in [0.15, 0.2) is 17.6 Å². The van der Waals surface area contributed by atoms with Gasteiger partial charge in [-0.05, 0) is 33.1 Å². The summed E-state index contributed by atoms with van der Waals surface area (Å²) in [5.41, 5.74) is 0. The van der Waals surface area contributed by atoms with Crippen LogP contribution in [0.3, 0.4) is 0 Å². The van der Waals surface area contributed by atoms with Crippen molar-refractivity contribution in [3.63, 3.8) is 0 Å². The summed E-state index contributed by atoms with van der Waals surface area (Å²) in [4.78, 5) is 18.6. The molecule has 2 rings (SSSR count). The number of rotatable bonds is 3. The number of amides is 1. The minimum Gasteiger partial charge on any atom is -0.337 e. The molecule has 1 aliphatic heterocycles. The summed E-state index contributed by atoms with van der Waals surface area (Å²) in [5.74, 6) is 0.724. The maximum atomic E-state index is 12.3. The van der Waals surface area contributed by atoms with E-state index >= 15 is 0 Å². The maximum absolute atomic E-state index is 12.3. The molecule has 0 bridgehead atoms. The van der Waals surface area contributed by atoms with Crippen molar-refractivity contribution >= 4 is 30.1 Å². The quantitative estimate of drug-likeness (QED) is 0.806. The van der Waals surface area contributed by atoms with Crippen LogP contribution in [-0.4, -0.2) is 38.2 Å². The molecule has 1 amide bonds. The molecular formula is C13H22ClN3OS. The Morgan fingerprint density at radius 3 is 2.58 bits per heavy atom. The van der Waals surface area contributed by atoms with E-state index in [2.05, 4.69) is 23.7 Å². The molecule has 0 saturated carbocycles. The standard InChI is InChI=1S/C13H21N3OS.ClH/c1-10-5-4-6-11(2)16(10)12(17)9-18-13-14-7-8-15(13)3;/h7-8,10-11H,4-6,9H2,1-3H3;1H. The van der Waals surface area contributed by atoms with Gasteiger partial charge in [0.05, 0.1) is 5.75 Å². The number of halogens is 1. The first-order valence-electron chi connectivity index (χ1n) is 6.51. The predicted octanol–water partition coefficient (Wildman–Crippen LogP) is 2.72. The second kappa shape index (κ2) is 7.20. The SMILES string of the molecule is CC1CCCC(C)N1C(=O)CSc1nccn1C.Cl. The summed E-state index contributed by atoms with van der Waals surface area (Å²) in [7, 11) is 1.95. The number of aryl methyl sites for hydroxylation is 1. The van der Waals surface area contributed by atoms with Gasteiger partial charge in [0.2, 0.25) is 5.91 Å². The van der Waals surface area contributed by atoms with E-state index in [0.29, 0.717) is 17.8 Å². The molecule has 0 aromatic carbocycles. The fraction of sp³-hybridized carbons (Fsp3) is 0.692. The summed E-state index contributed by atoms with van der Waals surface area (Å²) in [5, 5.41) is 0.903. The van der Waals surface area contributed by atoms with Crippen LogP contribution in [0.25, 0.3) is 0 Å². The monoisotopic (exact) mass is 303 g/mol. The highest BCUT2D eigenvalue weighted by molar-refractivity contribution is 7.99. The van der Waals surface area contributed by atoms with E-state index in [1.54, 1.807) is 6.20 Å². The van der Waals surface area contributed by atoms with Gasteiger partial charge >= 0.3 is 0 Å². The molecule has 1 aromatic rings. The van der Waals surface area contributed by atoms with Crippen molar-refractivity contribution in [3.8, 4) is 0 Å².